The average Bonchev–Trinajstić information content (AvgIpc) is 2.99. The minimum Gasteiger partial charge on any atom is -0.311 e. The van der Waals surface area contributed by atoms with E-state index in [4.69, 9.17) is 0 Å². The van der Waals surface area contributed by atoms with E-state index in [2.05, 4.69) is 12.2 Å². The van der Waals surface area contributed by atoms with Gasteiger partial charge in [0.15, 0.2) is 0 Å². The van der Waals surface area contributed by atoms with E-state index in [1.807, 2.05) is 0 Å². The Labute approximate surface area is 112 Å². The molecule has 1 N–H and O–H groups in total. The lowest BCUT2D eigenvalue weighted by Crippen LogP contribution is -2.55. The van der Waals surface area contributed by atoms with Crippen LogP contribution in [0.1, 0.15) is 58.3 Å². The van der Waals surface area contributed by atoms with Crippen LogP contribution in [0.3, 0.4) is 0 Å². The van der Waals surface area contributed by atoms with Crippen molar-refractivity contribution in [2.75, 3.05) is 0 Å². The van der Waals surface area contributed by atoms with Gasteiger partial charge in [0.1, 0.15) is 0 Å². The minimum atomic E-state index is 0. The molecule has 1 unspecified atom stereocenters. The fraction of sp³-hybridized carbons (Fsp3) is 1.00. The Kier molecular flexibility index (Phi) is 2.99. The van der Waals surface area contributed by atoms with Crippen LogP contribution < -0.4 is 5.32 Å². The van der Waals surface area contributed by atoms with Gasteiger partial charge < -0.3 is 5.32 Å². The molecule has 5 aliphatic carbocycles. The highest BCUT2D eigenvalue weighted by Gasteiger charge is 2.53. The van der Waals surface area contributed by atoms with Crippen molar-refractivity contribution in [1.29, 1.82) is 0 Å². The highest BCUT2D eigenvalue weighted by molar-refractivity contribution is 5.85. The van der Waals surface area contributed by atoms with Gasteiger partial charge in [0.25, 0.3) is 0 Å². The fourth-order valence-electron chi connectivity index (χ4n) is 5.49. The molecule has 0 aromatic heterocycles. The predicted octanol–water partition coefficient (Wildman–Crippen LogP) is 3.77. The molecular formula is C15H26ClN. The van der Waals surface area contributed by atoms with Crippen LogP contribution >= 0.6 is 12.4 Å². The van der Waals surface area contributed by atoms with Crippen molar-refractivity contribution in [1.82, 2.24) is 5.32 Å². The third-order valence-electron chi connectivity index (χ3n) is 6.07. The highest BCUT2D eigenvalue weighted by atomic mass is 35.5. The van der Waals surface area contributed by atoms with Gasteiger partial charge in [-0.25, -0.2) is 0 Å². The van der Waals surface area contributed by atoms with E-state index in [0.717, 1.165) is 35.3 Å². The fourth-order valence-corrected chi connectivity index (χ4v) is 5.49. The van der Waals surface area contributed by atoms with E-state index < -0.39 is 0 Å². The lowest BCUT2D eigenvalue weighted by atomic mass is 9.48. The van der Waals surface area contributed by atoms with Crippen molar-refractivity contribution >= 4 is 12.4 Å². The maximum absolute atomic E-state index is 3.91. The molecule has 98 valence electrons. The van der Waals surface area contributed by atoms with Crippen molar-refractivity contribution < 1.29 is 0 Å². The van der Waals surface area contributed by atoms with Crippen molar-refractivity contribution in [2.24, 2.45) is 23.2 Å². The molecule has 2 heteroatoms. The van der Waals surface area contributed by atoms with Crippen LogP contribution in [-0.4, -0.2) is 12.1 Å². The molecule has 4 bridgehead atoms. The first kappa shape index (κ1) is 12.3. The van der Waals surface area contributed by atoms with Gasteiger partial charge in [-0.05, 0) is 81.5 Å². The first-order valence-corrected chi connectivity index (χ1v) is 7.49. The molecule has 0 heterocycles. The molecule has 0 aromatic rings. The predicted molar refractivity (Wildman–Crippen MR) is 73.5 cm³/mol. The molecule has 0 saturated heterocycles. The summed E-state index contributed by atoms with van der Waals surface area (Å²) < 4.78 is 0. The molecule has 1 nitrogen and oxygen atoms in total. The van der Waals surface area contributed by atoms with Gasteiger partial charge in [-0.3, -0.25) is 0 Å². The number of rotatable bonds is 3. The second kappa shape index (κ2) is 4.13. The molecule has 5 rings (SSSR count). The average molecular weight is 256 g/mol. The monoisotopic (exact) mass is 255 g/mol. The van der Waals surface area contributed by atoms with Crippen LogP contribution in [0.25, 0.3) is 0 Å². The van der Waals surface area contributed by atoms with Crippen molar-refractivity contribution in [3.05, 3.63) is 0 Å². The number of nitrogens with one attached hydrogen (secondary N) is 1. The molecule has 5 saturated carbocycles. The normalized spacial score (nSPS) is 48.9. The minimum absolute atomic E-state index is 0. The third kappa shape index (κ3) is 2.04. The number of hydrogen-bond acceptors (Lipinski definition) is 1. The van der Waals surface area contributed by atoms with E-state index in [-0.39, 0.29) is 12.4 Å². The van der Waals surface area contributed by atoms with E-state index in [1.165, 1.54) is 12.8 Å². The Bertz CT molecular complexity index is 262. The lowest BCUT2D eigenvalue weighted by Gasteiger charge is -2.59. The highest BCUT2D eigenvalue weighted by Crippen LogP contribution is 2.61. The van der Waals surface area contributed by atoms with E-state index in [1.54, 1.807) is 38.5 Å². The van der Waals surface area contributed by atoms with Crippen LogP contribution in [0.4, 0.5) is 0 Å². The summed E-state index contributed by atoms with van der Waals surface area (Å²) in [6.45, 7) is 2.49. The van der Waals surface area contributed by atoms with Gasteiger partial charge in [0.2, 0.25) is 0 Å². The maximum atomic E-state index is 3.91. The van der Waals surface area contributed by atoms with Gasteiger partial charge in [-0.15, -0.1) is 12.4 Å². The molecular weight excluding hydrogens is 230 g/mol. The van der Waals surface area contributed by atoms with E-state index in [9.17, 15) is 0 Å². The Morgan fingerprint density at radius 2 is 1.41 bits per heavy atom. The van der Waals surface area contributed by atoms with Gasteiger partial charge in [0.05, 0.1) is 0 Å². The molecule has 5 fully saturated rings. The summed E-state index contributed by atoms with van der Waals surface area (Å²) in [5.74, 6) is 3.32. The van der Waals surface area contributed by atoms with Crippen molar-refractivity contribution in [3.63, 3.8) is 0 Å². The van der Waals surface area contributed by atoms with E-state index >= 15 is 0 Å². The maximum Gasteiger partial charge on any atom is 0.00980 e. The van der Waals surface area contributed by atoms with E-state index in [0.29, 0.717) is 0 Å². The molecule has 5 aliphatic rings. The molecule has 0 spiro atoms. The molecule has 1 atom stereocenters. The molecule has 0 amide bonds. The SMILES string of the molecule is CC(NC1CC1)C12CC3CC(CC(C3)C1)C2.Cl. The van der Waals surface area contributed by atoms with Crippen LogP contribution in [0.5, 0.6) is 0 Å². The van der Waals surface area contributed by atoms with Crippen LogP contribution in [-0.2, 0) is 0 Å². The van der Waals surface area contributed by atoms with Crippen molar-refractivity contribution in [3.8, 4) is 0 Å². The topological polar surface area (TPSA) is 12.0 Å². The molecule has 0 aromatic carbocycles. The van der Waals surface area contributed by atoms with Crippen LogP contribution in [0.15, 0.2) is 0 Å². The smallest absolute Gasteiger partial charge is 0.00980 e. The summed E-state index contributed by atoms with van der Waals surface area (Å²) in [6, 6.07) is 1.69. The van der Waals surface area contributed by atoms with Gasteiger partial charge in [-0.1, -0.05) is 0 Å². The Morgan fingerprint density at radius 3 is 1.82 bits per heavy atom. The van der Waals surface area contributed by atoms with Gasteiger partial charge in [-0.2, -0.15) is 0 Å². The number of halogens is 1. The second-order valence-electron chi connectivity index (χ2n) is 7.44. The Hall–Kier alpha value is 0.250. The summed E-state index contributed by atoms with van der Waals surface area (Å²) in [5.41, 5.74) is 0.720. The van der Waals surface area contributed by atoms with Crippen LogP contribution in [0.2, 0.25) is 0 Å². The summed E-state index contributed by atoms with van der Waals surface area (Å²) in [5, 5.41) is 3.91. The number of hydrogen-bond donors (Lipinski definition) is 1. The third-order valence-corrected chi connectivity index (χ3v) is 6.07. The first-order chi connectivity index (χ1) is 7.73. The summed E-state index contributed by atoms with van der Waals surface area (Å²) in [7, 11) is 0. The van der Waals surface area contributed by atoms with Crippen LogP contribution in [0, 0.1) is 23.2 Å². The quantitative estimate of drug-likeness (QED) is 0.810. The summed E-state index contributed by atoms with van der Waals surface area (Å²) in [4.78, 5) is 0. The standard InChI is InChI=1S/C15H25N.ClH/c1-10(16-14-2-3-14)15-7-11-4-12(8-15)6-13(5-11)9-15;/h10-14,16H,2-9H2,1H3;1H. The zero-order valence-corrected chi connectivity index (χ0v) is 11.8. The molecule has 0 radical (unpaired) electrons. The Morgan fingerprint density at radius 1 is 0.941 bits per heavy atom. The Balaban J connectivity index is 0.000000902. The van der Waals surface area contributed by atoms with Gasteiger partial charge >= 0.3 is 0 Å². The summed E-state index contributed by atoms with van der Waals surface area (Å²) >= 11 is 0. The molecule has 17 heavy (non-hydrogen) atoms. The first-order valence-electron chi connectivity index (χ1n) is 7.49. The van der Waals surface area contributed by atoms with Crippen molar-refractivity contribution in [2.45, 2.75) is 70.4 Å². The van der Waals surface area contributed by atoms with Gasteiger partial charge in [0, 0.05) is 12.1 Å². The zero-order valence-electron chi connectivity index (χ0n) is 11.0. The largest absolute Gasteiger partial charge is 0.311 e. The second-order valence-corrected chi connectivity index (χ2v) is 7.44. The lowest BCUT2D eigenvalue weighted by molar-refractivity contribution is -0.0706. The molecule has 0 aliphatic heterocycles. The zero-order chi connectivity index (χ0) is 10.8. The summed E-state index contributed by atoms with van der Waals surface area (Å²) in [6.07, 6.45) is 12.3.